The maximum Gasteiger partial charge on any atom is 0.332 e. The molecule has 0 N–H and O–H groups in total. The lowest BCUT2D eigenvalue weighted by molar-refractivity contribution is -0.133. The Bertz CT molecular complexity index is 1390. The van der Waals surface area contributed by atoms with Crippen LogP contribution >= 0.6 is 0 Å². The van der Waals surface area contributed by atoms with Crippen LogP contribution in [-0.4, -0.2) is 79.6 Å². The van der Waals surface area contributed by atoms with E-state index in [1.165, 1.54) is 23.5 Å². The molecule has 2 aliphatic rings. The van der Waals surface area contributed by atoms with Crippen molar-refractivity contribution in [2.24, 2.45) is 14.1 Å². The minimum Gasteiger partial charge on any atom is -0.339 e. The summed E-state index contributed by atoms with van der Waals surface area (Å²) in [7, 11) is 3.21. The van der Waals surface area contributed by atoms with Crippen LogP contribution in [0, 0.1) is 0 Å². The highest BCUT2D eigenvalue weighted by Crippen LogP contribution is 2.27. The molecule has 4 heterocycles. The number of benzene rings is 1. The van der Waals surface area contributed by atoms with Crippen molar-refractivity contribution in [1.29, 1.82) is 0 Å². The van der Waals surface area contributed by atoms with Crippen LogP contribution in [0.4, 0.5) is 5.69 Å². The van der Waals surface area contributed by atoms with Gasteiger partial charge < -0.3 is 14.4 Å². The lowest BCUT2D eigenvalue weighted by Gasteiger charge is -2.35. The van der Waals surface area contributed by atoms with Crippen molar-refractivity contribution in [2.75, 3.05) is 44.2 Å². The predicted molar refractivity (Wildman–Crippen MR) is 126 cm³/mol. The number of para-hydroxylation sites is 1. The lowest BCUT2D eigenvalue weighted by Crippen LogP contribution is -2.53. The van der Waals surface area contributed by atoms with Crippen LogP contribution in [-0.2, 0) is 36.6 Å². The molecule has 11 nitrogen and oxygen atoms in total. The number of aromatic nitrogens is 4. The zero-order valence-corrected chi connectivity index (χ0v) is 19.3. The molecule has 178 valence electrons. The Morgan fingerprint density at radius 1 is 0.941 bits per heavy atom. The smallest absolute Gasteiger partial charge is 0.332 e. The summed E-state index contributed by atoms with van der Waals surface area (Å²) in [6, 6.07) is 7.96. The van der Waals surface area contributed by atoms with E-state index in [2.05, 4.69) is 11.1 Å². The normalized spacial score (nSPS) is 16.3. The van der Waals surface area contributed by atoms with Crippen LogP contribution in [0.15, 0.2) is 40.2 Å². The molecule has 0 unspecified atom stereocenters. The van der Waals surface area contributed by atoms with Gasteiger partial charge in [0.15, 0.2) is 11.2 Å². The van der Waals surface area contributed by atoms with Crippen molar-refractivity contribution in [2.45, 2.75) is 13.0 Å². The second-order valence-electron chi connectivity index (χ2n) is 8.84. The Hall–Kier alpha value is -3.73. The van der Waals surface area contributed by atoms with Gasteiger partial charge in [-0.2, -0.15) is 0 Å². The third-order valence-corrected chi connectivity index (χ3v) is 6.77. The molecule has 0 radical (unpaired) electrons. The zero-order valence-electron chi connectivity index (χ0n) is 19.3. The number of nitrogens with zero attached hydrogens (tertiary/aromatic N) is 7. The van der Waals surface area contributed by atoms with E-state index >= 15 is 0 Å². The molecule has 11 heteroatoms. The van der Waals surface area contributed by atoms with E-state index in [0.29, 0.717) is 44.9 Å². The van der Waals surface area contributed by atoms with Gasteiger partial charge in [0, 0.05) is 52.5 Å². The molecular formula is C23H27N7O4. The highest BCUT2D eigenvalue weighted by Gasteiger charge is 2.28. The summed E-state index contributed by atoms with van der Waals surface area (Å²) in [4.78, 5) is 60.9. The second kappa shape index (κ2) is 8.56. The van der Waals surface area contributed by atoms with E-state index in [9.17, 15) is 19.2 Å². The number of rotatable bonds is 4. The summed E-state index contributed by atoms with van der Waals surface area (Å²) < 4.78 is 3.80. The van der Waals surface area contributed by atoms with Gasteiger partial charge in [-0.3, -0.25) is 23.9 Å². The van der Waals surface area contributed by atoms with E-state index in [-0.39, 0.29) is 23.9 Å². The minimum atomic E-state index is -0.570. The standard InChI is InChI=1S/C23H27N7O4/c1-25-15-24-21-20(25)22(33)30(23(34)26(21)2)14-18(31)28-11-9-27(10-12-28)13-19(32)29-8-7-16-5-3-4-6-17(16)29/h3-6,15H,7-14H2,1-2H3. The summed E-state index contributed by atoms with van der Waals surface area (Å²) in [5, 5.41) is 0. The SMILES string of the molecule is Cn1cnc2c1c(=O)n(CC(=O)N1CCN(CC(=O)N3CCc4ccccc43)CC1)c(=O)n2C. The molecule has 1 saturated heterocycles. The van der Waals surface area contributed by atoms with E-state index < -0.39 is 11.2 Å². The quantitative estimate of drug-likeness (QED) is 0.498. The average Bonchev–Trinajstić information content (AvgIpc) is 3.44. The molecule has 1 fully saturated rings. The van der Waals surface area contributed by atoms with Crippen molar-refractivity contribution in [1.82, 2.24) is 28.5 Å². The van der Waals surface area contributed by atoms with Gasteiger partial charge in [0.2, 0.25) is 11.8 Å². The van der Waals surface area contributed by atoms with Gasteiger partial charge >= 0.3 is 5.69 Å². The first-order valence-corrected chi connectivity index (χ1v) is 11.3. The van der Waals surface area contributed by atoms with Crippen LogP contribution in [0.1, 0.15) is 5.56 Å². The van der Waals surface area contributed by atoms with E-state index in [0.717, 1.165) is 16.7 Å². The van der Waals surface area contributed by atoms with Gasteiger partial charge in [-0.1, -0.05) is 18.2 Å². The van der Waals surface area contributed by atoms with Gasteiger partial charge in [0.25, 0.3) is 5.56 Å². The summed E-state index contributed by atoms with van der Waals surface area (Å²) in [6.45, 7) is 2.66. The third-order valence-electron chi connectivity index (χ3n) is 6.77. The summed E-state index contributed by atoms with van der Waals surface area (Å²) in [6.07, 6.45) is 2.34. The van der Waals surface area contributed by atoms with Gasteiger partial charge in [-0.25, -0.2) is 14.3 Å². The molecule has 1 aromatic carbocycles. The van der Waals surface area contributed by atoms with Crippen LogP contribution < -0.4 is 16.1 Å². The third kappa shape index (κ3) is 3.71. The number of fused-ring (bicyclic) bond motifs is 2. The lowest BCUT2D eigenvalue weighted by atomic mass is 10.2. The number of imidazole rings is 1. The van der Waals surface area contributed by atoms with Gasteiger partial charge in [0.1, 0.15) is 6.54 Å². The number of amides is 2. The highest BCUT2D eigenvalue weighted by molar-refractivity contribution is 5.96. The molecule has 0 saturated carbocycles. The van der Waals surface area contributed by atoms with Gasteiger partial charge in [-0.05, 0) is 18.1 Å². The molecule has 0 spiro atoms. The maximum absolute atomic E-state index is 12.9. The van der Waals surface area contributed by atoms with Crippen LogP contribution in [0.25, 0.3) is 11.2 Å². The van der Waals surface area contributed by atoms with Crippen molar-refractivity contribution in [3.8, 4) is 0 Å². The number of carbonyl (C=O) groups is 2. The minimum absolute atomic E-state index is 0.0595. The highest BCUT2D eigenvalue weighted by atomic mass is 16.2. The molecule has 2 aromatic heterocycles. The fourth-order valence-corrected chi connectivity index (χ4v) is 4.80. The van der Waals surface area contributed by atoms with Gasteiger partial charge in [0.05, 0.1) is 12.9 Å². The Morgan fingerprint density at radius 2 is 1.68 bits per heavy atom. The Labute approximate surface area is 195 Å². The van der Waals surface area contributed by atoms with Crippen molar-refractivity contribution < 1.29 is 9.59 Å². The summed E-state index contributed by atoms with van der Waals surface area (Å²) >= 11 is 0. The first-order chi connectivity index (χ1) is 16.3. The van der Waals surface area contributed by atoms with Gasteiger partial charge in [-0.15, -0.1) is 0 Å². The Kier molecular flexibility index (Phi) is 5.56. The summed E-state index contributed by atoms with van der Waals surface area (Å²) in [5.74, 6) is -0.232. The molecule has 2 amide bonds. The average molecular weight is 466 g/mol. The van der Waals surface area contributed by atoms with Crippen LogP contribution in [0.2, 0.25) is 0 Å². The number of hydrogen-bond donors (Lipinski definition) is 0. The first kappa shape index (κ1) is 22.1. The monoisotopic (exact) mass is 465 g/mol. The Morgan fingerprint density at radius 3 is 2.44 bits per heavy atom. The first-order valence-electron chi connectivity index (χ1n) is 11.3. The number of piperazine rings is 1. The molecular weight excluding hydrogens is 438 g/mol. The predicted octanol–water partition coefficient (Wildman–Crippen LogP) is -0.833. The van der Waals surface area contributed by atoms with E-state index in [1.54, 1.807) is 16.5 Å². The van der Waals surface area contributed by atoms with Crippen LogP contribution in [0.5, 0.6) is 0 Å². The molecule has 5 rings (SSSR count). The fraction of sp³-hybridized carbons (Fsp3) is 0.435. The molecule has 2 aliphatic heterocycles. The number of anilines is 1. The molecule has 0 atom stereocenters. The van der Waals surface area contributed by atoms with Crippen molar-refractivity contribution in [3.63, 3.8) is 0 Å². The second-order valence-corrected chi connectivity index (χ2v) is 8.84. The maximum atomic E-state index is 12.9. The number of aryl methyl sites for hydroxylation is 2. The molecule has 34 heavy (non-hydrogen) atoms. The zero-order chi connectivity index (χ0) is 24.0. The fourth-order valence-electron chi connectivity index (χ4n) is 4.80. The largest absolute Gasteiger partial charge is 0.339 e. The van der Waals surface area contributed by atoms with Crippen LogP contribution in [0.3, 0.4) is 0 Å². The van der Waals surface area contributed by atoms with E-state index in [1.807, 2.05) is 28.0 Å². The topological polar surface area (TPSA) is 106 Å². The Balaban J connectivity index is 1.22. The number of carbonyl (C=O) groups excluding carboxylic acids is 2. The molecule has 0 bridgehead atoms. The van der Waals surface area contributed by atoms with Crippen molar-refractivity contribution >= 4 is 28.7 Å². The van der Waals surface area contributed by atoms with Crippen molar-refractivity contribution in [3.05, 3.63) is 57.0 Å². The summed E-state index contributed by atoms with van der Waals surface area (Å²) in [5.41, 5.74) is 1.65. The molecule has 0 aliphatic carbocycles. The molecule has 3 aromatic rings. The van der Waals surface area contributed by atoms with E-state index in [4.69, 9.17) is 0 Å². The number of hydrogen-bond acceptors (Lipinski definition) is 6.